The summed E-state index contributed by atoms with van der Waals surface area (Å²) >= 11 is 3.38. The summed E-state index contributed by atoms with van der Waals surface area (Å²) in [5.41, 5.74) is 6.30. The molecule has 21 heavy (non-hydrogen) atoms. The molecule has 2 rings (SSSR count). The van der Waals surface area contributed by atoms with Gasteiger partial charge in [0, 0.05) is 10.0 Å². The van der Waals surface area contributed by atoms with Crippen LogP contribution in [0.4, 0.5) is 13.2 Å². The van der Waals surface area contributed by atoms with Gasteiger partial charge >= 0.3 is 6.18 Å². The lowest BCUT2D eigenvalue weighted by atomic mass is 9.73. The number of hydrogen-bond acceptors (Lipinski definition) is 2. The third-order valence-corrected chi connectivity index (χ3v) is 4.62. The third-order valence-electron chi connectivity index (χ3n) is 4.13. The van der Waals surface area contributed by atoms with E-state index in [4.69, 9.17) is 10.5 Å². The molecule has 0 aliphatic heterocycles. The highest BCUT2D eigenvalue weighted by Gasteiger charge is 2.46. The molecule has 0 bridgehead atoms. The molecule has 2 nitrogen and oxygen atoms in total. The van der Waals surface area contributed by atoms with E-state index < -0.39 is 17.6 Å². The molecule has 1 aromatic rings. The van der Waals surface area contributed by atoms with Gasteiger partial charge in [0.25, 0.3) is 0 Å². The second kappa shape index (κ2) is 6.16. The van der Waals surface area contributed by atoms with Crippen LogP contribution in [0.1, 0.15) is 31.2 Å². The molecule has 0 amide bonds. The van der Waals surface area contributed by atoms with Gasteiger partial charge in [-0.2, -0.15) is 13.2 Å². The van der Waals surface area contributed by atoms with Gasteiger partial charge in [0.1, 0.15) is 5.75 Å². The summed E-state index contributed by atoms with van der Waals surface area (Å²) < 4.78 is 45.0. The quantitative estimate of drug-likeness (QED) is 0.858. The van der Waals surface area contributed by atoms with Crippen molar-refractivity contribution in [1.29, 1.82) is 0 Å². The number of nitrogens with two attached hydrogens (primary N) is 1. The molecule has 1 aliphatic rings. The first kappa shape index (κ1) is 16.6. The minimum absolute atomic E-state index is 0.0217. The Labute approximate surface area is 131 Å². The first-order chi connectivity index (χ1) is 9.73. The van der Waals surface area contributed by atoms with Crippen LogP contribution in [-0.2, 0) is 6.42 Å². The second-order valence-corrected chi connectivity index (χ2v) is 6.75. The van der Waals surface area contributed by atoms with Crippen LogP contribution in [0.25, 0.3) is 0 Å². The van der Waals surface area contributed by atoms with E-state index in [0.29, 0.717) is 25.0 Å². The molecule has 1 fully saturated rings. The lowest BCUT2D eigenvalue weighted by Gasteiger charge is -2.39. The molecule has 6 heteroatoms. The first-order valence-corrected chi connectivity index (χ1v) is 7.71. The molecule has 1 aliphatic carbocycles. The molecule has 2 unspecified atom stereocenters. The summed E-state index contributed by atoms with van der Waals surface area (Å²) in [5.74, 6) is -0.633. The van der Waals surface area contributed by atoms with Crippen LogP contribution < -0.4 is 10.5 Å². The number of halogens is 4. The normalized spacial score (nSPS) is 26.7. The molecule has 0 saturated heterocycles. The molecule has 2 N–H and O–H groups in total. The Balaban J connectivity index is 2.19. The largest absolute Gasteiger partial charge is 0.496 e. The lowest BCUT2D eigenvalue weighted by molar-refractivity contribution is -0.187. The van der Waals surface area contributed by atoms with Gasteiger partial charge < -0.3 is 10.5 Å². The smallest absolute Gasteiger partial charge is 0.391 e. The lowest BCUT2D eigenvalue weighted by Crippen LogP contribution is -2.49. The number of hydrogen-bond donors (Lipinski definition) is 1. The van der Waals surface area contributed by atoms with E-state index >= 15 is 0 Å². The number of alkyl halides is 3. The van der Waals surface area contributed by atoms with E-state index in [1.807, 2.05) is 12.1 Å². The van der Waals surface area contributed by atoms with Crippen LogP contribution in [-0.4, -0.2) is 18.8 Å². The molecule has 2 atom stereocenters. The van der Waals surface area contributed by atoms with E-state index in [2.05, 4.69) is 15.9 Å². The summed E-state index contributed by atoms with van der Waals surface area (Å²) in [4.78, 5) is 0. The van der Waals surface area contributed by atoms with E-state index in [1.54, 1.807) is 13.2 Å². The van der Waals surface area contributed by atoms with Gasteiger partial charge in [-0.05, 0) is 49.4 Å². The van der Waals surface area contributed by atoms with Crippen molar-refractivity contribution in [2.75, 3.05) is 7.11 Å². The Bertz CT molecular complexity index is 506. The van der Waals surface area contributed by atoms with E-state index in [-0.39, 0.29) is 12.8 Å². The minimum atomic E-state index is -4.16. The summed E-state index contributed by atoms with van der Waals surface area (Å²) in [6.45, 7) is 0. The van der Waals surface area contributed by atoms with Gasteiger partial charge in [0.05, 0.1) is 13.0 Å². The maximum Gasteiger partial charge on any atom is 0.391 e. The average Bonchev–Trinajstić information content (AvgIpc) is 2.37. The fraction of sp³-hybridized carbons (Fsp3) is 0.600. The average molecular weight is 366 g/mol. The van der Waals surface area contributed by atoms with Gasteiger partial charge in [-0.3, -0.25) is 0 Å². The van der Waals surface area contributed by atoms with Crippen molar-refractivity contribution in [3.05, 3.63) is 28.2 Å². The molecular formula is C15H19BrF3NO. The Morgan fingerprint density at radius 1 is 1.43 bits per heavy atom. The van der Waals surface area contributed by atoms with Gasteiger partial charge in [0.2, 0.25) is 0 Å². The highest BCUT2D eigenvalue weighted by Crippen LogP contribution is 2.42. The number of ether oxygens (including phenoxy) is 1. The summed E-state index contributed by atoms with van der Waals surface area (Å²) in [5, 5.41) is 0. The zero-order valence-corrected chi connectivity index (χ0v) is 13.4. The van der Waals surface area contributed by atoms with Crippen molar-refractivity contribution >= 4 is 15.9 Å². The number of benzene rings is 1. The van der Waals surface area contributed by atoms with E-state index in [9.17, 15) is 13.2 Å². The molecule has 0 aromatic heterocycles. The van der Waals surface area contributed by atoms with Crippen molar-refractivity contribution in [3.63, 3.8) is 0 Å². The van der Waals surface area contributed by atoms with Crippen LogP contribution in [0.15, 0.2) is 22.7 Å². The topological polar surface area (TPSA) is 35.2 Å². The number of methoxy groups -OCH3 is 1. The SMILES string of the molecule is COc1ccc(Br)cc1CC1(N)CCCC(C(F)(F)F)C1. The minimum Gasteiger partial charge on any atom is -0.496 e. The fourth-order valence-corrected chi connectivity index (χ4v) is 3.51. The highest BCUT2D eigenvalue weighted by molar-refractivity contribution is 9.10. The summed E-state index contributed by atoms with van der Waals surface area (Å²) in [6, 6.07) is 5.50. The highest BCUT2D eigenvalue weighted by atomic mass is 79.9. The zero-order chi connectivity index (χ0) is 15.7. The van der Waals surface area contributed by atoms with Crippen LogP contribution >= 0.6 is 15.9 Å². The Morgan fingerprint density at radius 2 is 2.14 bits per heavy atom. The van der Waals surface area contributed by atoms with Crippen molar-refractivity contribution in [2.45, 2.75) is 43.8 Å². The maximum absolute atomic E-state index is 12.9. The Hall–Kier alpha value is -0.750. The van der Waals surface area contributed by atoms with Crippen molar-refractivity contribution < 1.29 is 17.9 Å². The van der Waals surface area contributed by atoms with E-state index in [0.717, 1.165) is 10.0 Å². The van der Waals surface area contributed by atoms with Gasteiger partial charge in [0.15, 0.2) is 0 Å². The van der Waals surface area contributed by atoms with Gasteiger partial charge in [-0.1, -0.05) is 22.4 Å². The predicted octanol–water partition coefficient (Wildman–Crippen LogP) is 4.45. The monoisotopic (exact) mass is 365 g/mol. The van der Waals surface area contributed by atoms with Gasteiger partial charge in [-0.25, -0.2) is 0 Å². The molecular weight excluding hydrogens is 347 g/mol. The number of rotatable bonds is 3. The standard InChI is InChI=1S/C15H19BrF3NO/c1-21-13-5-4-12(16)7-10(13)8-14(20)6-2-3-11(9-14)15(17,18)19/h4-5,7,11H,2-3,6,8-9,20H2,1H3. The molecule has 118 valence electrons. The third kappa shape index (κ3) is 4.13. The van der Waals surface area contributed by atoms with Crippen LogP contribution in [0.3, 0.4) is 0 Å². The molecule has 0 radical (unpaired) electrons. The summed E-state index contributed by atoms with van der Waals surface area (Å²) in [7, 11) is 1.55. The first-order valence-electron chi connectivity index (χ1n) is 6.91. The Morgan fingerprint density at radius 3 is 2.76 bits per heavy atom. The maximum atomic E-state index is 12.9. The van der Waals surface area contributed by atoms with Crippen LogP contribution in [0.2, 0.25) is 0 Å². The van der Waals surface area contributed by atoms with Crippen molar-refractivity contribution in [3.8, 4) is 5.75 Å². The predicted molar refractivity (Wildman–Crippen MR) is 79.3 cm³/mol. The fourth-order valence-electron chi connectivity index (χ4n) is 3.10. The molecule has 0 heterocycles. The van der Waals surface area contributed by atoms with Crippen molar-refractivity contribution in [2.24, 2.45) is 11.7 Å². The Kier molecular flexibility index (Phi) is 4.88. The second-order valence-electron chi connectivity index (χ2n) is 5.83. The summed E-state index contributed by atoms with van der Waals surface area (Å²) in [6.07, 6.45) is -2.49. The molecule has 1 saturated carbocycles. The van der Waals surface area contributed by atoms with Crippen LogP contribution in [0, 0.1) is 5.92 Å². The van der Waals surface area contributed by atoms with Crippen LogP contribution in [0.5, 0.6) is 5.75 Å². The van der Waals surface area contributed by atoms with Gasteiger partial charge in [-0.15, -0.1) is 0 Å². The van der Waals surface area contributed by atoms with Crippen molar-refractivity contribution in [1.82, 2.24) is 0 Å². The van der Waals surface area contributed by atoms with E-state index in [1.165, 1.54) is 0 Å². The molecule has 1 aromatic carbocycles. The zero-order valence-electron chi connectivity index (χ0n) is 11.8. The molecule has 0 spiro atoms.